The van der Waals surface area contributed by atoms with E-state index in [0.717, 1.165) is 44.1 Å². The maximum absolute atomic E-state index is 11.8. The van der Waals surface area contributed by atoms with Crippen LogP contribution in [0.15, 0.2) is 0 Å². The van der Waals surface area contributed by atoms with Crippen LogP contribution in [0.1, 0.15) is 37.6 Å². The number of esters is 1. The molecule has 0 unspecified atom stereocenters. The summed E-state index contributed by atoms with van der Waals surface area (Å²) in [4.78, 5) is 16.4. The molecule has 6 nitrogen and oxygen atoms in total. The van der Waals surface area contributed by atoms with Gasteiger partial charge in [-0.25, -0.2) is 4.79 Å². The Kier molecular flexibility index (Phi) is 7.45. The predicted molar refractivity (Wildman–Crippen MR) is 88.2 cm³/mol. The molecule has 1 aromatic heterocycles. The molecule has 21 heavy (non-hydrogen) atoms. The van der Waals surface area contributed by atoms with Gasteiger partial charge in [0, 0.05) is 13.1 Å². The van der Waals surface area contributed by atoms with Gasteiger partial charge >= 0.3 is 5.97 Å². The Morgan fingerprint density at radius 1 is 1.24 bits per heavy atom. The summed E-state index contributed by atoms with van der Waals surface area (Å²) < 4.78 is 8.90. The van der Waals surface area contributed by atoms with E-state index in [0.29, 0.717) is 5.56 Å². The molecule has 0 spiro atoms. The number of carbonyl (C=O) groups excluding carboxylic acids is 1. The third kappa shape index (κ3) is 4.57. The van der Waals surface area contributed by atoms with E-state index in [1.165, 1.54) is 18.6 Å². The van der Waals surface area contributed by atoms with E-state index in [-0.39, 0.29) is 5.82 Å². The summed E-state index contributed by atoms with van der Waals surface area (Å²) in [5, 5.41) is 0.807. The van der Waals surface area contributed by atoms with Gasteiger partial charge in [0.05, 0.1) is 7.11 Å². The summed E-state index contributed by atoms with van der Waals surface area (Å²) >= 11 is 1.26. The first kappa shape index (κ1) is 17.7. The lowest BCUT2D eigenvalue weighted by molar-refractivity contribution is 0.0603. The van der Waals surface area contributed by atoms with Gasteiger partial charge in [0.15, 0.2) is 5.82 Å². The van der Waals surface area contributed by atoms with E-state index in [1.54, 1.807) is 0 Å². The predicted octanol–water partition coefficient (Wildman–Crippen LogP) is 2.07. The normalized spacial score (nSPS) is 10.9. The minimum atomic E-state index is -0.418. The molecule has 0 radical (unpaired) electrons. The number of nitrogen functional groups attached to an aromatic ring is 1. The Balaban J connectivity index is 2.74. The smallest absolute Gasteiger partial charge is 0.344 e. The number of aromatic nitrogens is 1. The van der Waals surface area contributed by atoms with Gasteiger partial charge in [-0.3, -0.25) is 0 Å². The molecular weight excluding hydrogens is 288 g/mol. The topological polar surface area (TPSA) is 71.7 Å². The SMILES string of the molecule is CCN(CC)CCCN(CC)c1snc(N)c1C(=O)OC. The molecule has 1 heterocycles. The van der Waals surface area contributed by atoms with E-state index in [9.17, 15) is 4.79 Å². The van der Waals surface area contributed by atoms with Gasteiger partial charge in [-0.1, -0.05) is 13.8 Å². The van der Waals surface area contributed by atoms with Gasteiger partial charge in [-0.15, -0.1) is 0 Å². The number of anilines is 2. The first-order valence-corrected chi connectivity index (χ1v) is 8.16. The fraction of sp³-hybridized carbons (Fsp3) is 0.714. The molecule has 0 saturated heterocycles. The van der Waals surface area contributed by atoms with Crippen molar-refractivity contribution in [3.8, 4) is 0 Å². The lowest BCUT2D eigenvalue weighted by atomic mass is 10.2. The monoisotopic (exact) mass is 314 g/mol. The number of hydrogen-bond donors (Lipinski definition) is 1. The number of carbonyl (C=O) groups is 1. The lowest BCUT2D eigenvalue weighted by Gasteiger charge is -2.24. The molecule has 2 N–H and O–H groups in total. The van der Waals surface area contributed by atoms with Gasteiger partial charge in [0.2, 0.25) is 0 Å². The molecule has 0 aliphatic carbocycles. The van der Waals surface area contributed by atoms with Crippen molar-refractivity contribution in [1.29, 1.82) is 0 Å². The number of rotatable bonds is 9. The second-order valence-electron chi connectivity index (χ2n) is 4.70. The van der Waals surface area contributed by atoms with Gasteiger partial charge in [-0.05, 0) is 44.5 Å². The molecule has 0 bridgehead atoms. The van der Waals surface area contributed by atoms with Crippen LogP contribution >= 0.6 is 11.5 Å². The molecule has 0 aliphatic rings. The minimum Gasteiger partial charge on any atom is -0.465 e. The highest BCUT2D eigenvalue weighted by molar-refractivity contribution is 7.11. The zero-order valence-corrected chi connectivity index (χ0v) is 14.2. The fourth-order valence-corrected chi connectivity index (χ4v) is 3.12. The third-order valence-electron chi connectivity index (χ3n) is 3.56. The molecule has 1 aromatic rings. The number of ether oxygens (including phenoxy) is 1. The molecule has 7 heteroatoms. The highest BCUT2D eigenvalue weighted by atomic mass is 32.1. The Morgan fingerprint density at radius 2 is 1.90 bits per heavy atom. The van der Waals surface area contributed by atoms with E-state index in [1.807, 2.05) is 0 Å². The molecule has 0 saturated carbocycles. The summed E-state index contributed by atoms with van der Waals surface area (Å²) in [6.07, 6.45) is 1.04. The maximum atomic E-state index is 11.8. The average Bonchev–Trinajstić information content (AvgIpc) is 2.88. The van der Waals surface area contributed by atoms with Crippen LogP contribution in [0.2, 0.25) is 0 Å². The van der Waals surface area contributed by atoms with Crippen molar-refractivity contribution in [2.75, 3.05) is 50.5 Å². The first-order valence-electron chi connectivity index (χ1n) is 7.39. The van der Waals surface area contributed by atoms with Crippen molar-refractivity contribution in [2.24, 2.45) is 0 Å². The van der Waals surface area contributed by atoms with Crippen molar-refractivity contribution in [2.45, 2.75) is 27.2 Å². The highest BCUT2D eigenvalue weighted by Gasteiger charge is 2.23. The number of nitrogens with zero attached hydrogens (tertiary/aromatic N) is 3. The van der Waals surface area contributed by atoms with Gasteiger partial charge in [-0.2, -0.15) is 4.37 Å². The van der Waals surface area contributed by atoms with Crippen LogP contribution in [0.3, 0.4) is 0 Å². The summed E-state index contributed by atoms with van der Waals surface area (Å²) in [6.45, 7) is 11.2. The van der Waals surface area contributed by atoms with Crippen molar-refractivity contribution >= 4 is 28.3 Å². The Bertz CT molecular complexity index is 446. The van der Waals surface area contributed by atoms with Crippen molar-refractivity contribution < 1.29 is 9.53 Å². The quantitative estimate of drug-likeness (QED) is 0.704. The first-order chi connectivity index (χ1) is 10.1. The van der Waals surface area contributed by atoms with Crippen molar-refractivity contribution in [3.05, 3.63) is 5.56 Å². The molecular formula is C14H26N4O2S. The summed E-state index contributed by atoms with van der Waals surface area (Å²) in [7, 11) is 1.36. The summed E-state index contributed by atoms with van der Waals surface area (Å²) in [5.74, 6) is -0.164. The molecule has 1 rings (SSSR count). The van der Waals surface area contributed by atoms with Gasteiger partial charge in [0.25, 0.3) is 0 Å². The fourth-order valence-electron chi connectivity index (χ4n) is 2.23. The lowest BCUT2D eigenvalue weighted by Crippen LogP contribution is -2.30. The van der Waals surface area contributed by atoms with Crippen LogP contribution in [0, 0.1) is 0 Å². The number of hydrogen-bond acceptors (Lipinski definition) is 7. The molecule has 120 valence electrons. The summed E-state index contributed by atoms with van der Waals surface area (Å²) in [6, 6.07) is 0. The van der Waals surface area contributed by atoms with E-state index >= 15 is 0 Å². The van der Waals surface area contributed by atoms with Gasteiger partial charge in [0.1, 0.15) is 10.6 Å². The second-order valence-corrected chi connectivity index (χ2v) is 5.45. The molecule has 0 aliphatic heterocycles. The number of methoxy groups -OCH3 is 1. The van der Waals surface area contributed by atoms with Crippen LogP contribution < -0.4 is 10.6 Å². The van der Waals surface area contributed by atoms with Crippen molar-refractivity contribution in [1.82, 2.24) is 9.27 Å². The van der Waals surface area contributed by atoms with E-state index < -0.39 is 5.97 Å². The third-order valence-corrected chi connectivity index (χ3v) is 4.48. The molecule has 0 atom stereocenters. The van der Waals surface area contributed by atoms with Crippen LogP contribution in [0.5, 0.6) is 0 Å². The summed E-state index contributed by atoms with van der Waals surface area (Å²) in [5.41, 5.74) is 6.19. The van der Waals surface area contributed by atoms with Crippen molar-refractivity contribution in [3.63, 3.8) is 0 Å². The Hall–Kier alpha value is -1.34. The Labute approximate surface area is 131 Å². The van der Waals surface area contributed by atoms with Crippen LogP contribution in [0.4, 0.5) is 10.8 Å². The largest absolute Gasteiger partial charge is 0.465 e. The number of nitrogens with two attached hydrogens (primary N) is 1. The van der Waals surface area contributed by atoms with E-state index in [2.05, 4.69) is 34.9 Å². The Morgan fingerprint density at radius 3 is 2.43 bits per heavy atom. The highest BCUT2D eigenvalue weighted by Crippen LogP contribution is 2.31. The zero-order chi connectivity index (χ0) is 15.8. The van der Waals surface area contributed by atoms with Crippen LogP contribution in [0.25, 0.3) is 0 Å². The van der Waals surface area contributed by atoms with E-state index in [4.69, 9.17) is 10.5 Å². The second kappa shape index (κ2) is 8.84. The molecule has 0 amide bonds. The molecule has 0 fully saturated rings. The van der Waals surface area contributed by atoms with Crippen LogP contribution in [-0.2, 0) is 4.74 Å². The minimum absolute atomic E-state index is 0.254. The van der Waals surface area contributed by atoms with Crippen LogP contribution in [-0.4, -0.2) is 55.1 Å². The zero-order valence-electron chi connectivity index (χ0n) is 13.4. The van der Waals surface area contributed by atoms with Gasteiger partial charge < -0.3 is 20.3 Å². The molecule has 0 aromatic carbocycles. The standard InChI is InChI=1S/C14H26N4O2S/c1-5-17(6-2)9-8-10-18(7-3)13-11(14(19)20-4)12(15)16-21-13/h5-10H2,1-4H3,(H2,15,16). The average molecular weight is 314 g/mol. The maximum Gasteiger partial charge on any atom is 0.344 e.